The summed E-state index contributed by atoms with van der Waals surface area (Å²) in [7, 11) is 0. The molecule has 1 amide bonds. The van der Waals surface area contributed by atoms with E-state index in [1.807, 2.05) is 12.1 Å². The summed E-state index contributed by atoms with van der Waals surface area (Å²) < 4.78 is 0. The summed E-state index contributed by atoms with van der Waals surface area (Å²) in [4.78, 5) is 12.2. The van der Waals surface area contributed by atoms with Gasteiger partial charge in [-0.15, -0.1) is 0 Å². The van der Waals surface area contributed by atoms with Gasteiger partial charge in [-0.25, -0.2) is 0 Å². The van der Waals surface area contributed by atoms with Gasteiger partial charge < -0.3 is 5.32 Å². The summed E-state index contributed by atoms with van der Waals surface area (Å²) in [5, 5.41) is 3.06. The smallest absolute Gasteiger partial charge is 0.224 e. The van der Waals surface area contributed by atoms with Gasteiger partial charge in [0.2, 0.25) is 5.91 Å². The molecule has 1 aromatic carbocycles. The van der Waals surface area contributed by atoms with Gasteiger partial charge in [-0.3, -0.25) is 4.79 Å². The lowest BCUT2D eigenvalue weighted by molar-refractivity contribution is -0.117. The predicted molar refractivity (Wildman–Crippen MR) is 82.7 cm³/mol. The molecule has 3 atom stereocenters. The maximum Gasteiger partial charge on any atom is 0.224 e. The zero-order chi connectivity index (χ0) is 14.1. The van der Waals surface area contributed by atoms with Crippen molar-refractivity contribution in [2.45, 2.75) is 51.9 Å². The van der Waals surface area contributed by atoms with Crippen molar-refractivity contribution < 1.29 is 4.79 Å². The molecule has 2 saturated carbocycles. The maximum atomic E-state index is 12.2. The Morgan fingerprint density at radius 2 is 1.95 bits per heavy atom. The number of carbonyl (C=O) groups is 1. The maximum absolute atomic E-state index is 12.2. The first-order chi connectivity index (χ1) is 9.61. The van der Waals surface area contributed by atoms with Crippen molar-refractivity contribution in [3.05, 3.63) is 29.8 Å². The number of fused-ring (bicyclic) bond motifs is 2. The van der Waals surface area contributed by atoms with E-state index in [0.29, 0.717) is 18.3 Å². The van der Waals surface area contributed by atoms with Crippen LogP contribution in [0, 0.1) is 17.8 Å². The predicted octanol–water partition coefficient (Wildman–Crippen LogP) is 4.57. The van der Waals surface area contributed by atoms with Crippen molar-refractivity contribution >= 4 is 11.6 Å². The lowest BCUT2D eigenvalue weighted by Crippen LogP contribution is -2.20. The third kappa shape index (κ3) is 2.89. The van der Waals surface area contributed by atoms with Gasteiger partial charge in [0.25, 0.3) is 0 Å². The summed E-state index contributed by atoms with van der Waals surface area (Å²) in [5.41, 5.74) is 2.25. The molecule has 0 radical (unpaired) electrons. The van der Waals surface area contributed by atoms with Gasteiger partial charge in [0, 0.05) is 12.1 Å². The van der Waals surface area contributed by atoms with Crippen LogP contribution >= 0.6 is 0 Å². The molecular weight excluding hydrogens is 246 g/mol. The molecule has 2 fully saturated rings. The molecule has 0 heterocycles. The second kappa shape index (κ2) is 5.59. The van der Waals surface area contributed by atoms with Crippen molar-refractivity contribution in [2.24, 2.45) is 17.8 Å². The first kappa shape index (κ1) is 13.7. The van der Waals surface area contributed by atoms with Crippen LogP contribution in [0.25, 0.3) is 0 Å². The summed E-state index contributed by atoms with van der Waals surface area (Å²) in [6, 6.07) is 8.26. The fourth-order valence-corrected chi connectivity index (χ4v) is 4.03. The fourth-order valence-electron chi connectivity index (χ4n) is 4.03. The Labute approximate surface area is 122 Å². The highest BCUT2D eigenvalue weighted by molar-refractivity contribution is 5.90. The van der Waals surface area contributed by atoms with Crippen molar-refractivity contribution in [3.63, 3.8) is 0 Å². The topological polar surface area (TPSA) is 29.1 Å². The standard InChI is InChI=1S/C18H25NO/c1-12(2)14-5-7-17(8-6-14)19-18(20)11-16-10-13-3-4-15(16)9-13/h5-8,12-13,15-16H,3-4,9-11H2,1-2H3,(H,19,20)/t13-,15+,16-/m0/s1. The highest BCUT2D eigenvalue weighted by Crippen LogP contribution is 2.49. The quantitative estimate of drug-likeness (QED) is 0.853. The van der Waals surface area contributed by atoms with E-state index in [1.54, 1.807) is 0 Å². The van der Waals surface area contributed by atoms with Crippen LogP contribution in [0.5, 0.6) is 0 Å². The molecule has 0 aromatic heterocycles. The third-order valence-electron chi connectivity index (χ3n) is 5.19. The van der Waals surface area contributed by atoms with Crippen molar-refractivity contribution in [1.29, 1.82) is 0 Å². The van der Waals surface area contributed by atoms with Crippen LogP contribution < -0.4 is 5.32 Å². The van der Waals surface area contributed by atoms with Gasteiger partial charge in [-0.1, -0.05) is 32.4 Å². The zero-order valence-electron chi connectivity index (χ0n) is 12.6. The second-order valence-corrected chi connectivity index (χ2v) is 6.96. The molecule has 2 heteroatoms. The Hall–Kier alpha value is -1.31. The van der Waals surface area contributed by atoms with E-state index in [0.717, 1.165) is 17.5 Å². The van der Waals surface area contributed by atoms with E-state index in [-0.39, 0.29) is 5.91 Å². The van der Waals surface area contributed by atoms with Crippen LogP contribution in [0.2, 0.25) is 0 Å². The normalized spacial score (nSPS) is 28.1. The van der Waals surface area contributed by atoms with Crippen LogP contribution in [-0.2, 0) is 4.79 Å². The number of benzene rings is 1. The summed E-state index contributed by atoms with van der Waals surface area (Å²) in [6.45, 7) is 4.37. The van der Waals surface area contributed by atoms with Crippen molar-refractivity contribution in [2.75, 3.05) is 5.32 Å². The monoisotopic (exact) mass is 271 g/mol. The van der Waals surface area contributed by atoms with Crippen LogP contribution in [-0.4, -0.2) is 5.91 Å². The SMILES string of the molecule is CC(C)c1ccc(NC(=O)C[C@@H]2C[C@H]3CC[C@@H]2C3)cc1. The van der Waals surface area contributed by atoms with Crippen LogP contribution in [0.4, 0.5) is 5.69 Å². The molecule has 1 aromatic rings. The van der Waals surface area contributed by atoms with E-state index in [1.165, 1.54) is 31.2 Å². The number of carbonyl (C=O) groups excluding carboxylic acids is 1. The highest BCUT2D eigenvalue weighted by atomic mass is 16.1. The number of hydrogen-bond donors (Lipinski definition) is 1. The number of amides is 1. The number of anilines is 1. The molecule has 2 aliphatic carbocycles. The van der Waals surface area contributed by atoms with E-state index >= 15 is 0 Å². The molecule has 2 nitrogen and oxygen atoms in total. The summed E-state index contributed by atoms with van der Waals surface area (Å²) in [6.07, 6.45) is 6.13. The molecule has 3 rings (SSSR count). The Bertz CT molecular complexity index is 477. The minimum atomic E-state index is 0.194. The molecule has 0 saturated heterocycles. The molecule has 2 bridgehead atoms. The number of hydrogen-bond acceptors (Lipinski definition) is 1. The Balaban J connectivity index is 1.53. The number of rotatable bonds is 4. The van der Waals surface area contributed by atoms with E-state index in [2.05, 4.69) is 31.3 Å². The molecule has 108 valence electrons. The molecule has 2 aliphatic rings. The van der Waals surface area contributed by atoms with Crippen LogP contribution in [0.15, 0.2) is 24.3 Å². The second-order valence-electron chi connectivity index (χ2n) is 6.96. The van der Waals surface area contributed by atoms with E-state index in [9.17, 15) is 4.79 Å². The van der Waals surface area contributed by atoms with E-state index < -0.39 is 0 Å². The fraction of sp³-hybridized carbons (Fsp3) is 0.611. The van der Waals surface area contributed by atoms with Gasteiger partial charge in [-0.05, 0) is 60.6 Å². The molecule has 0 aliphatic heterocycles. The van der Waals surface area contributed by atoms with Gasteiger partial charge >= 0.3 is 0 Å². The van der Waals surface area contributed by atoms with Gasteiger partial charge in [-0.2, -0.15) is 0 Å². The molecular formula is C18H25NO. The largest absolute Gasteiger partial charge is 0.326 e. The molecule has 20 heavy (non-hydrogen) atoms. The van der Waals surface area contributed by atoms with Crippen LogP contribution in [0.3, 0.4) is 0 Å². The van der Waals surface area contributed by atoms with Crippen LogP contribution in [0.1, 0.15) is 57.4 Å². The summed E-state index contributed by atoms with van der Waals surface area (Å²) in [5.74, 6) is 3.12. The molecule has 1 N–H and O–H groups in total. The minimum Gasteiger partial charge on any atom is -0.326 e. The lowest BCUT2D eigenvalue weighted by atomic mass is 9.86. The lowest BCUT2D eigenvalue weighted by Gasteiger charge is -2.20. The minimum absolute atomic E-state index is 0.194. The first-order valence-corrected chi connectivity index (χ1v) is 8.01. The molecule has 0 spiro atoms. The van der Waals surface area contributed by atoms with Gasteiger partial charge in [0.05, 0.1) is 0 Å². The highest BCUT2D eigenvalue weighted by Gasteiger charge is 2.40. The zero-order valence-corrected chi connectivity index (χ0v) is 12.6. The third-order valence-corrected chi connectivity index (χ3v) is 5.19. The Morgan fingerprint density at radius 1 is 1.20 bits per heavy atom. The summed E-state index contributed by atoms with van der Waals surface area (Å²) >= 11 is 0. The molecule has 0 unspecified atom stereocenters. The Morgan fingerprint density at radius 3 is 2.50 bits per heavy atom. The van der Waals surface area contributed by atoms with Gasteiger partial charge in [0.1, 0.15) is 0 Å². The van der Waals surface area contributed by atoms with Gasteiger partial charge in [0.15, 0.2) is 0 Å². The average molecular weight is 271 g/mol. The van der Waals surface area contributed by atoms with Crippen molar-refractivity contribution in [1.82, 2.24) is 0 Å². The first-order valence-electron chi connectivity index (χ1n) is 8.01. The Kier molecular flexibility index (Phi) is 3.82. The average Bonchev–Trinajstić information content (AvgIpc) is 3.01. The number of nitrogens with one attached hydrogen (secondary N) is 1. The van der Waals surface area contributed by atoms with E-state index in [4.69, 9.17) is 0 Å². The van der Waals surface area contributed by atoms with Crippen molar-refractivity contribution in [3.8, 4) is 0 Å².